The van der Waals surface area contributed by atoms with Crippen molar-refractivity contribution < 1.29 is 14.3 Å². The molecular weight excluding hydrogens is 336 g/mol. The Morgan fingerprint density at radius 3 is 1.00 bits per heavy atom. The molecule has 0 aliphatic rings. The van der Waals surface area contributed by atoms with Gasteiger partial charge < -0.3 is 4.74 Å². The van der Waals surface area contributed by atoms with E-state index in [1.54, 1.807) is 0 Å². The molecule has 0 amide bonds. The molecule has 0 aliphatic heterocycles. The van der Waals surface area contributed by atoms with Gasteiger partial charge in [0.1, 0.15) is 0 Å². The maximum atomic E-state index is 11.9. The van der Waals surface area contributed by atoms with Crippen LogP contribution in [-0.2, 0) is 14.3 Å². The lowest BCUT2D eigenvalue weighted by Gasteiger charge is -2.24. The van der Waals surface area contributed by atoms with Crippen molar-refractivity contribution in [3.63, 3.8) is 0 Å². The third-order valence-electron chi connectivity index (χ3n) is 3.86. The highest BCUT2D eigenvalue weighted by Gasteiger charge is 2.27. The van der Waals surface area contributed by atoms with Crippen LogP contribution in [0.25, 0.3) is 0 Å². The standard InChI is InChI=1S/C16H30O3.C8H18/c1-11(9-15(3,4)5)13(17)19-14(18)12(2)10-16(6,7)8;1-7(2)6-8(3,4)5/h11-12H,9-10H2,1-8H3;7H,6H2,1-5H3. The SMILES string of the molecule is CC(C)CC(C)(C)C.CC(CC(C)(C)C)C(=O)OC(=O)C(C)CC(C)(C)C. The second-order valence-corrected chi connectivity index (χ2v) is 12.2. The van der Waals surface area contributed by atoms with Crippen molar-refractivity contribution in [3.05, 3.63) is 0 Å². The molecule has 3 heteroatoms. The Bertz CT molecular complexity index is 410. The van der Waals surface area contributed by atoms with Gasteiger partial charge in [0, 0.05) is 0 Å². The van der Waals surface area contributed by atoms with Crippen molar-refractivity contribution in [2.45, 2.75) is 109 Å². The van der Waals surface area contributed by atoms with E-state index in [0.29, 0.717) is 18.3 Å². The van der Waals surface area contributed by atoms with Gasteiger partial charge in [0.15, 0.2) is 0 Å². The zero-order chi connectivity index (χ0) is 22.2. The highest BCUT2D eigenvalue weighted by molar-refractivity contribution is 5.87. The van der Waals surface area contributed by atoms with Crippen LogP contribution < -0.4 is 0 Å². The van der Waals surface area contributed by atoms with E-state index in [1.165, 1.54) is 6.42 Å². The average Bonchev–Trinajstić information content (AvgIpc) is 2.31. The van der Waals surface area contributed by atoms with Crippen molar-refractivity contribution >= 4 is 11.9 Å². The first kappa shape index (κ1) is 28.4. The molecule has 2 atom stereocenters. The summed E-state index contributed by atoms with van der Waals surface area (Å²) >= 11 is 0. The van der Waals surface area contributed by atoms with Crippen LogP contribution in [0.5, 0.6) is 0 Å². The molecule has 0 aromatic carbocycles. The minimum absolute atomic E-state index is 0.0541. The van der Waals surface area contributed by atoms with Crippen LogP contribution in [0.3, 0.4) is 0 Å². The molecule has 0 saturated heterocycles. The molecule has 0 rings (SSSR count). The maximum Gasteiger partial charge on any atom is 0.316 e. The smallest absolute Gasteiger partial charge is 0.316 e. The minimum Gasteiger partial charge on any atom is -0.393 e. The zero-order valence-electron chi connectivity index (χ0n) is 20.6. The Morgan fingerprint density at radius 1 is 0.593 bits per heavy atom. The van der Waals surface area contributed by atoms with E-state index in [0.717, 1.165) is 5.92 Å². The van der Waals surface area contributed by atoms with E-state index < -0.39 is 11.9 Å². The van der Waals surface area contributed by atoms with Crippen LogP contribution in [-0.4, -0.2) is 11.9 Å². The normalized spacial score (nSPS) is 14.9. The molecule has 0 aromatic heterocycles. The van der Waals surface area contributed by atoms with Gasteiger partial charge in [-0.15, -0.1) is 0 Å². The van der Waals surface area contributed by atoms with E-state index in [2.05, 4.69) is 76.2 Å². The predicted octanol–water partition coefficient (Wildman–Crippen LogP) is 7.28. The Labute approximate surface area is 170 Å². The Kier molecular flexibility index (Phi) is 11.8. The van der Waals surface area contributed by atoms with Gasteiger partial charge in [0.2, 0.25) is 0 Å². The van der Waals surface area contributed by atoms with Crippen LogP contribution in [0.2, 0.25) is 0 Å². The topological polar surface area (TPSA) is 43.4 Å². The van der Waals surface area contributed by atoms with Crippen LogP contribution in [0.1, 0.15) is 109 Å². The lowest BCUT2D eigenvalue weighted by atomic mass is 9.85. The summed E-state index contributed by atoms with van der Waals surface area (Å²) in [5, 5.41) is 0. The molecule has 3 nitrogen and oxygen atoms in total. The molecule has 0 radical (unpaired) electrons. The summed E-state index contributed by atoms with van der Waals surface area (Å²) in [6.45, 7) is 27.4. The molecule has 0 saturated carbocycles. The molecule has 0 aromatic rings. The quantitative estimate of drug-likeness (QED) is 0.369. The van der Waals surface area contributed by atoms with Crippen molar-refractivity contribution in [1.29, 1.82) is 0 Å². The summed E-state index contributed by atoms with van der Waals surface area (Å²) in [4.78, 5) is 23.7. The van der Waals surface area contributed by atoms with Crippen molar-refractivity contribution in [2.24, 2.45) is 34.0 Å². The Balaban J connectivity index is 0. The molecule has 0 spiro atoms. The molecule has 2 unspecified atom stereocenters. The minimum atomic E-state index is -0.402. The molecule has 27 heavy (non-hydrogen) atoms. The number of hydrogen-bond acceptors (Lipinski definition) is 3. The first-order valence-corrected chi connectivity index (χ1v) is 10.5. The van der Waals surface area contributed by atoms with E-state index in [4.69, 9.17) is 4.74 Å². The van der Waals surface area contributed by atoms with Gasteiger partial charge >= 0.3 is 11.9 Å². The van der Waals surface area contributed by atoms with Gasteiger partial charge in [-0.05, 0) is 41.4 Å². The number of rotatable bonds is 5. The van der Waals surface area contributed by atoms with Crippen molar-refractivity contribution in [1.82, 2.24) is 0 Å². The largest absolute Gasteiger partial charge is 0.393 e. The van der Waals surface area contributed by atoms with Gasteiger partial charge in [0.25, 0.3) is 0 Å². The average molecular weight is 385 g/mol. The van der Waals surface area contributed by atoms with E-state index in [9.17, 15) is 9.59 Å². The Morgan fingerprint density at radius 2 is 0.852 bits per heavy atom. The fourth-order valence-electron chi connectivity index (χ4n) is 3.53. The van der Waals surface area contributed by atoms with Gasteiger partial charge in [-0.2, -0.15) is 0 Å². The number of ether oxygens (including phenoxy) is 1. The fraction of sp³-hybridized carbons (Fsp3) is 0.917. The number of esters is 2. The fourth-order valence-corrected chi connectivity index (χ4v) is 3.53. The molecule has 0 fully saturated rings. The van der Waals surface area contributed by atoms with Crippen LogP contribution in [0, 0.1) is 34.0 Å². The monoisotopic (exact) mass is 384 g/mol. The summed E-state index contributed by atoms with van der Waals surface area (Å²) in [5.74, 6) is -0.451. The lowest BCUT2D eigenvalue weighted by molar-refractivity contribution is -0.166. The predicted molar refractivity (Wildman–Crippen MR) is 116 cm³/mol. The van der Waals surface area contributed by atoms with Gasteiger partial charge in [-0.1, -0.05) is 90.0 Å². The maximum absolute atomic E-state index is 11.9. The second kappa shape index (κ2) is 11.2. The van der Waals surface area contributed by atoms with Crippen LogP contribution >= 0.6 is 0 Å². The van der Waals surface area contributed by atoms with Gasteiger partial charge in [-0.3, -0.25) is 9.59 Å². The first-order chi connectivity index (χ1) is 11.7. The third-order valence-corrected chi connectivity index (χ3v) is 3.86. The van der Waals surface area contributed by atoms with Crippen LogP contribution in [0.4, 0.5) is 0 Å². The molecule has 0 heterocycles. The highest BCUT2D eigenvalue weighted by Crippen LogP contribution is 2.27. The Hall–Kier alpha value is -0.860. The van der Waals surface area contributed by atoms with Gasteiger partial charge in [0.05, 0.1) is 11.8 Å². The van der Waals surface area contributed by atoms with Crippen LogP contribution in [0.15, 0.2) is 0 Å². The lowest BCUT2D eigenvalue weighted by Crippen LogP contribution is -2.27. The summed E-state index contributed by atoms with van der Waals surface area (Å²) in [5.41, 5.74) is 0.630. The number of hydrogen-bond donors (Lipinski definition) is 0. The van der Waals surface area contributed by atoms with E-state index >= 15 is 0 Å². The molecule has 0 bridgehead atoms. The number of carbonyl (C=O) groups is 2. The van der Waals surface area contributed by atoms with Gasteiger partial charge in [-0.25, -0.2) is 0 Å². The second-order valence-electron chi connectivity index (χ2n) is 12.2. The van der Waals surface area contributed by atoms with Crippen molar-refractivity contribution in [2.75, 3.05) is 0 Å². The molecule has 0 N–H and O–H groups in total. The summed E-state index contributed by atoms with van der Waals surface area (Å²) < 4.78 is 4.99. The van der Waals surface area contributed by atoms with E-state index in [-0.39, 0.29) is 22.7 Å². The summed E-state index contributed by atoms with van der Waals surface area (Å²) in [6, 6.07) is 0. The highest BCUT2D eigenvalue weighted by atomic mass is 16.6. The van der Waals surface area contributed by atoms with Crippen molar-refractivity contribution in [3.8, 4) is 0 Å². The number of carbonyl (C=O) groups excluding carboxylic acids is 2. The summed E-state index contributed by atoms with van der Waals surface area (Å²) in [6.07, 6.45) is 2.76. The third kappa shape index (κ3) is 19.7. The zero-order valence-corrected chi connectivity index (χ0v) is 20.6. The molecule has 162 valence electrons. The molecular formula is C24H48O3. The first-order valence-electron chi connectivity index (χ1n) is 10.5. The van der Waals surface area contributed by atoms with E-state index in [1.807, 2.05) is 13.8 Å². The molecule has 0 aliphatic carbocycles. The summed E-state index contributed by atoms with van der Waals surface area (Å²) in [7, 11) is 0.